The van der Waals surface area contributed by atoms with Crippen LogP contribution in [0, 0.1) is 0 Å². The van der Waals surface area contributed by atoms with Crippen molar-refractivity contribution in [2.24, 2.45) is 5.10 Å². The summed E-state index contributed by atoms with van der Waals surface area (Å²) in [6, 6.07) is 12.6. The minimum absolute atomic E-state index is 0.222. The van der Waals surface area contributed by atoms with Crippen LogP contribution in [0.3, 0.4) is 0 Å². The molecule has 0 aliphatic carbocycles. The van der Waals surface area contributed by atoms with E-state index in [0.29, 0.717) is 5.69 Å². The van der Waals surface area contributed by atoms with Crippen molar-refractivity contribution in [3.8, 4) is 0 Å². The maximum absolute atomic E-state index is 12.4. The van der Waals surface area contributed by atoms with Crippen LogP contribution in [0.5, 0.6) is 0 Å². The van der Waals surface area contributed by atoms with Crippen LogP contribution in [0.4, 0.5) is 11.4 Å². The topological polar surface area (TPSA) is 84.5 Å². The number of hydrogen-bond donors (Lipinski definition) is 2. The number of sulfone groups is 1. The molecule has 5 nitrogen and oxygen atoms in total. The maximum atomic E-state index is 12.4. The Kier molecular flexibility index (Phi) is 4.28. The fraction of sp³-hybridized carbons (Fsp3) is 0.133. The minimum atomic E-state index is -3.52. The Morgan fingerprint density at radius 3 is 1.90 bits per heavy atom. The zero-order valence-corrected chi connectivity index (χ0v) is 12.7. The van der Waals surface area contributed by atoms with Crippen LogP contribution in [-0.4, -0.2) is 14.1 Å². The summed E-state index contributed by atoms with van der Waals surface area (Å²) in [6.45, 7) is 3.74. The molecular formula is C15H17N3O2S. The van der Waals surface area contributed by atoms with Crippen LogP contribution in [0.2, 0.25) is 0 Å². The first-order chi connectivity index (χ1) is 9.89. The molecule has 0 heterocycles. The van der Waals surface area contributed by atoms with Crippen molar-refractivity contribution in [1.82, 2.24) is 0 Å². The molecule has 0 amide bonds. The third kappa shape index (κ3) is 3.61. The Hall–Kier alpha value is -2.34. The van der Waals surface area contributed by atoms with E-state index >= 15 is 0 Å². The van der Waals surface area contributed by atoms with E-state index in [2.05, 4.69) is 10.5 Å². The van der Waals surface area contributed by atoms with Gasteiger partial charge in [0.15, 0.2) is 0 Å². The number of rotatable bonds is 4. The van der Waals surface area contributed by atoms with Gasteiger partial charge < -0.3 is 5.73 Å². The highest BCUT2D eigenvalue weighted by Gasteiger charge is 2.17. The third-order valence-electron chi connectivity index (χ3n) is 2.76. The van der Waals surface area contributed by atoms with Gasteiger partial charge in [-0.2, -0.15) is 5.10 Å². The highest BCUT2D eigenvalue weighted by atomic mass is 32.2. The van der Waals surface area contributed by atoms with Crippen molar-refractivity contribution in [1.29, 1.82) is 0 Å². The standard InChI is InChI=1S/C15H17N3O2S/c1-11(2)17-18-13-5-9-15(10-6-13)21(19,20)14-7-3-12(16)4-8-14/h3-10,18H,16H2,1-2H3. The largest absolute Gasteiger partial charge is 0.399 e. The SMILES string of the molecule is CC(C)=NNc1ccc(S(=O)(=O)c2ccc(N)cc2)cc1. The first-order valence-electron chi connectivity index (χ1n) is 6.37. The van der Waals surface area contributed by atoms with Crippen molar-refractivity contribution in [3.63, 3.8) is 0 Å². The number of hydrazone groups is 1. The molecule has 110 valence electrons. The number of nitrogens with zero attached hydrogens (tertiary/aromatic N) is 1. The summed E-state index contributed by atoms with van der Waals surface area (Å²) in [5.74, 6) is 0. The molecule has 0 aliphatic heterocycles. The van der Waals surface area contributed by atoms with Gasteiger partial charge in [-0.25, -0.2) is 8.42 Å². The molecule has 0 radical (unpaired) electrons. The molecule has 3 N–H and O–H groups in total. The zero-order valence-electron chi connectivity index (χ0n) is 11.9. The van der Waals surface area contributed by atoms with E-state index in [0.717, 1.165) is 11.4 Å². The first-order valence-corrected chi connectivity index (χ1v) is 7.85. The average molecular weight is 303 g/mol. The lowest BCUT2D eigenvalue weighted by Crippen LogP contribution is -2.02. The Morgan fingerprint density at radius 1 is 0.952 bits per heavy atom. The van der Waals surface area contributed by atoms with Crippen molar-refractivity contribution in [2.45, 2.75) is 23.6 Å². The van der Waals surface area contributed by atoms with E-state index in [9.17, 15) is 8.42 Å². The summed E-state index contributed by atoms with van der Waals surface area (Å²) in [6.07, 6.45) is 0. The van der Waals surface area contributed by atoms with E-state index in [1.165, 1.54) is 12.1 Å². The number of hydrogen-bond acceptors (Lipinski definition) is 5. The van der Waals surface area contributed by atoms with Gasteiger partial charge in [0.25, 0.3) is 0 Å². The Bertz CT molecular complexity index is 745. The number of nitrogen functional groups attached to an aromatic ring is 1. The van der Waals surface area contributed by atoms with Gasteiger partial charge in [-0.3, -0.25) is 5.43 Å². The number of nitrogens with one attached hydrogen (secondary N) is 1. The predicted octanol–water partition coefficient (Wildman–Crippen LogP) is 2.91. The lowest BCUT2D eigenvalue weighted by atomic mass is 10.3. The second-order valence-corrected chi connectivity index (χ2v) is 6.72. The number of benzene rings is 2. The molecule has 21 heavy (non-hydrogen) atoms. The van der Waals surface area contributed by atoms with Crippen LogP contribution in [0.15, 0.2) is 63.4 Å². The van der Waals surface area contributed by atoms with Crippen LogP contribution >= 0.6 is 0 Å². The summed E-state index contributed by atoms with van der Waals surface area (Å²) in [5.41, 5.74) is 10.6. The van der Waals surface area contributed by atoms with Crippen molar-refractivity contribution >= 4 is 26.9 Å². The Morgan fingerprint density at radius 2 is 1.43 bits per heavy atom. The molecule has 0 bridgehead atoms. The molecule has 2 aromatic carbocycles. The van der Waals surface area contributed by atoms with Gasteiger partial charge in [0.05, 0.1) is 15.5 Å². The van der Waals surface area contributed by atoms with E-state index in [-0.39, 0.29) is 9.79 Å². The minimum Gasteiger partial charge on any atom is -0.399 e. The molecule has 0 aromatic heterocycles. The Balaban J connectivity index is 2.29. The molecule has 6 heteroatoms. The van der Waals surface area contributed by atoms with Crippen LogP contribution < -0.4 is 11.2 Å². The molecule has 0 unspecified atom stereocenters. The van der Waals surface area contributed by atoms with Gasteiger partial charge >= 0.3 is 0 Å². The third-order valence-corrected chi connectivity index (χ3v) is 4.55. The average Bonchev–Trinajstić information content (AvgIpc) is 2.46. The monoisotopic (exact) mass is 303 g/mol. The van der Waals surface area contributed by atoms with E-state index < -0.39 is 9.84 Å². The van der Waals surface area contributed by atoms with Gasteiger partial charge in [0.2, 0.25) is 9.84 Å². The second-order valence-electron chi connectivity index (χ2n) is 4.77. The molecule has 0 saturated carbocycles. The molecule has 0 atom stereocenters. The highest BCUT2D eigenvalue weighted by molar-refractivity contribution is 7.91. The fourth-order valence-electron chi connectivity index (χ4n) is 1.67. The predicted molar refractivity (Wildman–Crippen MR) is 85.2 cm³/mol. The van der Waals surface area contributed by atoms with E-state index in [1.54, 1.807) is 36.4 Å². The molecule has 0 aliphatic rings. The smallest absolute Gasteiger partial charge is 0.206 e. The second kappa shape index (κ2) is 5.97. The van der Waals surface area contributed by atoms with Gasteiger partial charge in [0, 0.05) is 11.4 Å². The summed E-state index contributed by atoms with van der Waals surface area (Å²) in [5, 5.41) is 4.06. The summed E-state index contributed by atoms with van der Waals surface area (Å²) in [4.78, 5) is 0.454. The summed E-state index contributed by atoms with van der Waals surface area (Å²) >= 11 is 0. The number of nitrogens with two attached hydrogens (primary N) is 1. The quantitative estimate of drug-likeness (QED) is 0.516. The normalized spacial score (nSPS) is 11.0. The van der Waals surface area contributed by atoms with Crippen LogP contribution in [-0.2, 0) is 9.84 Å². The maximum Gasteiger partial charge on any atom is 0.206 e. The van der Waals surface area contributed by atoms with Gasteiger partial charge in [-0.05, 0) is 62.4 Å². The van der Waals surface area contributed by atoms with Gasteiger partial charge in [-0.1, -0.05) is 0 Å². The molecule has 0 saturated heterocycles. The van der Waals surface area contributed by atoms with Crippen molar-refractivity contribution in [2.75, 3.05) is 11.2 Å². The summed E-state index contributed by atoms with van der Waals surface area (Å²) in [7, 11) is -3.52. The molecule has 0 spiro atoms. The number of anilines is 2. The van der Waals surface area contributed by atoms with Crippen molar-refractivity contribution in [3.05, 3.63) is 48.5 Å². The first kappa shape index (κ1) is 15.1. The van der Waals surface area contributed by atoms with E-state index in [1.807, 2.05) is 13.8 Å². The van der Waals surface area contributed by atoms with Crippen molar-refractivity contribution < 1.29 is 8.42 Å². The van der Waals surface area contributed by atoms with Gasteiger partial charge in [-0.15, -0.1) is 0 Å². The Labute approximate surface area is 124 Å². The zero-order chi connectivity index (χ0) is 15.5. The summed E-state index contributed by atoms with van der Waals surface area (Å²) < 4.78 is 24.9. The molecular weight excluding hydrogens is 286 g/mol. The van der Waals surface area contributed by atoms with E-state index in [4.69, 9.17) is 5.73 Å². The lowest BCUT2D eigenvalue weighted by Gasteiger charge is -2.06. The highest BCUT2D eigenvalue weighted by Crippen LogP contribution is 2.23. The van der Waals surface area contributed by atoms with Crippen LogP contribution in [0.25, 0.3) is 0 Å². The molecule has 2 aromatic rings. The van der Waals surface area contributed by atoms with Crippen LogP contribution in [0.1, 0.15) is 13.8 Å². The fourth-order valence-corrected chi connectivity index (χ4v) is 2.93. The van der Waals surface area contributed by atoms with Gasteiger partial charge in [0.1, 0.15) is 0 Å². The molecule has 2 rings (SSSR count). The lowest BCUT2D eigenvalue weighted by molar-refractivity contribution is 0.596. The molecule has 0 fully saturated rings.